The van der Waals surface area contributed by atoms with Gasteiger partial charge in [0.1, 0.15) is 18.8 Å². The van der Waals surface area contributed by atoms with Crippen molar-refractivity contribution in [2.24, 2.45) is 0 Å². The van der Waals surface area contributed by atoms with E-state index in [0.717, 1.165) is 33.5 Å². The Morgan fingerprint density at radius 1 is 0.763 bits per heavy atom. The fourth-order valence-electron chi connectivity index (χ4n) is 5.15. The first-order valence-electron chi connectivity index (χ1n) is 12.2. The molecule has 0 saturated carbocycles. The molecule has 0 spiro atoms. The second-order valence-electron chi connectivity index (χ2n) is 9.38. The normalized spacial score (nSPS) is 13.2. The molecule has 0 radical (unpaired) electrons. The van der Waals surface area contributed by atoms with E-state index < -0.39 is 4.92 Å². The minimum Gasteiger partial charge on any atom is -0.507 e. The largest absolute Gasteiger partial charge is 0.507 e. The average Bonchev–Trinajstić information content (AvgIpc) is 3.44. The maximum absolute atomic E-state index is 11.9. The Labute approximate surface area is 215 Å². The molecule has 1 N–H and O–H groups in total. The molecule has 0 aliphatic carbocycles. The number of nitro groups is 1. The third kappa shape index (κ3) is 3.63. The van der Waals surface area contributed by atoms with Crippen LogP contribution in [0.2, 0.25) is 0 Å². The maximum atomic E-state index is 11.9. The number of hydrogen-bond acceptors (Lipinski definition) is 6. The first kappa shape index (κ1) is 22.0. The number of rotatable bonds is 1. The molecule has 6 aromatic rings. The number of fused-ring (bicyclic) bond motifs is 14. The van der Waals surface area contributed by atoms with Crippen LogP contribution in [0.4, 0.5) is 5.69 Å². The fraction of sp³-hybridized carbons (Fsp3) is 0.148. The number of pyridine rings is 1. The van der Waals surface area contributed by atoms with E-state index in [1.807, 2.05) is 76.1 Å². The van der Waals surface area contributed by atoms with Gasteiger partial charge >= 0.3 is 0 Å². The van der Waals surface area contributed by atoms with Gasteiger partial charge in [0.25, 0.3) is 5.69 Å². The van der Waals surface area contributed by atoms with Crippen molar-refractivity contribution in [3.63, 3.8) is 0 Å². The fourth-order valence-corrected chi connectivity index (χ4v) is 5.15. The lowest BCUT2D eigenvalue weighted by Crippen LogP contribution is -2.39. The molecule has 0 fully saturated rings. The number of nitrogens with zero attached hydrogens (tertiary/aromatic N) is 8. The van der Waals surface area contributed by atoms with Crippen LogP contribution in [0.25, 0.3) is 22.1 Å². The van der Waals surface area contributed by atoms with Crippen LogP contribution in [0, 0.1) is 10.1 Å². The Balaban J connectivity index is 1.48. The van der Waals surface area contributed by atoms with Crippen molar-refractivity contribution in [2.75, 3.05) is 0 Å². The van der Waals surface area contributed by atoms with Crippen LogP contribution in [0.3, 0.4) is 0 Å². The highest BCUT2D eigenvalue weighted by Crippen LogP contribution is 2.29. The van der Waals surface area contributed by atoms with Gasteiger partial charge in [-0.25, -0.2) is 4.98 Å². The Morgan fingerprint density at radius 2 is 1.26 bits per heavy atom. The minimum atomic E-state index is -0.439. The predicted molar refractivity (Wildman–Crippen MR) is 135 cm³/mol. The Morgan fingerprint density at radius 3 is 1.76 bits per heavy atom. The molecule has 0 atom stereocenters. The van der Waals surface area contributed by atoms with Crippen molar-refractivity contribution in [1.82, 2.24) is 24.8 Å². The van der Waals surface area contributed by atoms with Crippen molar-refractivity contribution < 1.29 is 19.4 Å². The van der Waals surface area contributed by atoms with Crippen molar-refractivity contribution in [1.29, 1.82) is 0 Å². The highest BCUT2D eigenvalue weighted by atomic mass is 16.6. The van der Waals surface area contributed by atoms with E-state index in [4.69, 9.17) is 15.4 Å². The Hall–Kier alpha value is -5.19. The molecule has 8 bridgehead atoms. The quantitative estimate of drug-likeness (QED) is 0.208. The lowest BCUT2D eigenvalue weighted by Gasteiger charge is -2.07. The summed E-state index contributed by atoms with van der Waals surface area (Å²) in [5.74, 6) is -0.00755. The van der Waals surface area contributed by atoms with Gasteiger partial charge in [-0.05, 0) is 36.4 Å². The average molecular weight is 507 g/mol. The molecule has 38 heavy (non-hydrogen) atoms. The smallest absolute Gasteiger partial charge is 0.270 e. The number of nitro benzene ring substituents is 1. The molecule has 3 aromatic heterocycles. The van der Waals surface area contributed by atoms with Gasteiger partial charge < -0.3 is 5.11 Å². The molecule has 11 nitrogen and oxygen atoms in total. The third-order valence-electron chi connectivity index (χ3n) is 6.90. The predicted octanol–water partition coefficient (Wildman–Crippen LogP) is 2.48. The van der Waals surface area contributed by atoms with E-state index in [1.165, 1.54) is 12.1 Å². The summed E-state index contributed by atoms with van der Waals surface area (Å²) < 4.78 is 7.23. The number of phenols is 1. The van der Waals surface area contributed by atoms with E-state index in [2.05, 4.69) is 0 Å². The first-order valence-corrected chi connectivity index (χ1v) is 12.2. The Kier molecular flexibility index (Phi) is 4.90. The van der Waals surface area contributed by atoms with Crippen molar-refractivity contribution in [3.8, 4) is 5.75 Å². The summed E-state index contributed by atoms with van der Waals surface area (Å²) in [6, 6.07) is 24.3. The number of hydrogen-bond donors (Lipinski definition) is 1. The highest BCUT2D eigenvalue weighted by Gasteiger charge is 2.26. The van der Waals surface area contributed by atoms with Gasteiger partial charge in [0.05, 0.1) is 26.7 Å². The molecule has 1 aliphatic heterocycles. The van der Waals surface area contributed by atoms with Crippen LogP contribution in [-0.4, -0.2) is 34.8 Å². The van der Waals surface area contributed by atoms with Crippen LogP contribution in [0.15, 0.2) is 78.9 Å². The van der Waals surface area contributed by atoms with Crippen molar-refractivity contribution in [3.05, 3.63) is 111 Å². The van der Waals surface area contributed by atoms with Crippen LogP contribution in [-0.2, 0) is 26.2 Å². The zero-order valence-corrected chi connectivity index (χ0v) is 20.2. The number of aromatic nitrogens is 7. The summed E-state index contributed by atoms with van der Waals surface area (Å²) >= 11 is 0. The van der Waals surface area contributed by atoms with Crippen molar-refractivity contribution >= 4 is 27.8 Å². The van der Waals surface area contributed by atoms with E-state index in [1.54, 1.807) is 9.36 Å². The molecular formula is C27H22N8O3+2. The second kappa shape index (κ2) is 8.44. The van der Waals surface area contributed by atoms with Crippen LogP contribution >= 0.6 is 0 Å². The maximum Gasteiger partial charge on any atom is 0.270 e. The van der Waals surface area contributed by atoms with Gasteiger partial charge in [0.2, 0.25) is 0 Å². The van der Waals surface area contributed by atoms with Gasteiger partial charge in [-0.3, -0.25) is 10.1 Å². The van der Waals surface area contributed by atoms with Gasteiger partial charge in [0.15, 0.2) is 35.2 Å². The van der Waals surface area contributed by atoms with Gasteiger partial charge in [-0.15, -0.1) is 18.7 Å². The van der Waals surface area contributed by atoms with Crippen LogP contribution < -0.4 is 9.36 Å². The summed E-state index contributed by atoms with van der Waals surface area (Å²) in [7, 11) is 0. The van der Waals surface area contributed by atoms with E-state index in [-0.39, 0.29) is 24.5 Å². The third-order valence-corrected chi connectivity index (χ3v) is 6.90. The first-order chi connectivity index (χ1) is 18.5. The number of non-ortho nitro benzene ring substituents is 1. The molecule has 4 heterocycles. The number of benzene rings is 3. The van der Waals surface area contributed by atoms with Crippen LogP contribution in [0.5, 0.6) is 5.75 Å². The molecule has 0 unspecified atom stereocenters. The monoisotopic (exact) mass is 506 g/mol. The van der Waals surface area contributed by atoms with Gasteiger partial charge in [0, 0.05) is 23.3 Å². The number of para-hydroxylation sites is 4. The minimum absolute atomic E-state index is 0.00755. The molecule has 0 saturated heterocycles. The zero-order valence-electron chi connectivity index (χ0n) is 20.2. The van der Waals surface area contributed by atoms with Gasteiger partial charge in [-0.2, -0.15) is 0 Å². The van der Waals surface area contributed by atoms with E-state index in [9.17, 15) is 15.2 Å². The lowest BCUT2D eigenvalue weighted by molar-refractivity contribution is -0.725. The summed E-state index contributed by atoms with van der Waals surface area (Å²) in [6.07, 6.45) is 0. The molecule has 1 aliphatic rings. The molecular weight excluding hydrogens is 484 g/mol. The van der Waals surface area contributed by atoms with E-state index >= 15 is 0 Å². The number of phenolic OH excluding ortho intramolecular Hbond substituents is 1. The molecule has 11 heteroatoms. The summed E-state index contributed by atoms with van der Waals surface area (Å²) in [4.78, 5) is 16.3. The lowest BCUT2D eigenvalue weighted by atomic mass is 10.1. The number of aromatic hydroxyl groups is 1. The molecule has 7 rings (SSSR count). The summed E-state index contributed by atoms with van der Waals surface area (Å²) in [6.45, 7) is 1.18. The second-order valence-corrected chi connectivity index (χ2v) is 9.38. The van der Waals surface area contributed by atoms with Gasteiger partial charge in [-0.1, -0.05) is 30.3 Å². The summed E-state index contributed by atoms with van der Waals surface area (Å²) in [5.41, 5.74) is 5.90. The standard InChI is InChI=1S/C27H21N8O3/c36-27-18-12-22(35(37)38)13-19(27)15-32-24-9-2-4-11-26(24)34(30-32)17-21-7-5-6-20(28-21)16-33-25-10-3-1-8-23(25)31(14-18)29-33/h1-13H,14-17H2/q+1/p+1. The van der Waals surface area contributed by atoms with E-state index in [0.29, 0.717) is 24.2 Å². The molecule has 186 valence electrons. The molecule has 3 aromatic carbocycles. The highest BCUT2D eigenvalue weighted by molar-refractivity contribution is 5.71. The topological polar surface area (TPSA) is 120 Å². The summed E-state index contributed by atoms with van der Waals surface area (Å²) in [5, 5.41) is 32.7. The van der Waals surface area contributed by atoms with Crippen molar-refractivity contribution in [2.45, 2.75) is 26.2 Å². The van der Waals surface area contributed by atoms with Crippen LogP contribution in [0.1, 0.15) is 22.5 Å². The SMILES string of the molecule is O=[N+]([O-])c1cc2c(O)c(c1)C[n+]1nn(c3ccccc31)Cc1cccc(n1)Cn1n[n+](c3ccccc31)C2. The Bertz CT molecular complexity index is 1770. The molecule has 0 amide bonds. The zero-order chi connectivity index (χ0) is 25.8.